The lowest BCUT2D eigenvalue weighted by molar-refractivity contribution is -0.134. The highest BCUT2D eigenvalue weighted by molar-refractivity contribution is 9.10. The van der Waals surface area contributed by atoms with Crippen LogP contribution in [0.2, 0.25) is 0 Å². The van der Waals surface area contributed by atoms with Crippen molar-refractivity contribution >= 4 is 79.9 Å². The molecule has 5 aromatic rings. The number of nitrogens with one attached hydrogen (secondary N) is 3. The van der Waals surface area contributed by atoms with E-state index in [1.165, 1.54) is 23.4 Å². The zero-order valence-corrected chi connectivity index (χ0v) is 42.1. The number of piperazine rings is 1. The van der Waals surface area contributed by atoms with E-state index < -0.39 is 36.5 Å². The molecule has 4 aliphatic heterocycles. The van der Waals surface area contributed by atoms with Crippen LogP contribution in [0.1, 0.15) is 99.4 Å². The van der Waals surface area contributed by atoms with Gasteiger partial charge >= 0.3 is 0 Å². The quantitative estimate of drug-likeness (QED) is 0.0763. The largest absolute Gasteiger partial charge is 0.494 e. The molecule has 69 heavy (non-hydrogen) atoms. The number of aryl methyl sites for hydroxylation is 2. The number of carbonyl (C=O) groups is 2. The van der Waals surface area contributed by atoms with E-state index in [0.29, 0.717) is 52.0 Å². The van der Waals surface area contributed by atoms with E-state index in [1.54, 1.807) is 13.3 Å². The van der Waals surface area contributed by atoms with E-state index in [1.807, 2.05) is 18.2 Å². The van der Waals surface area contributed by atoms with Gasteiger partial charge in [-0.05, 0) is 127 Å². The number of imide groups is 1. The molecular formula is C52H61BrF2N9O4P. The number of aromatic nitrogens is 3. The molecule has 1 unspecified atom stereocenters. The number of methoxy groups -OCH3 is 1. The summed E-state index contributed by atoms with van der Waals surface area (Å²) in [6, 6.07) is 16.1. The summed E-state index contributed by atoms with van der Waals surface area (Å²) in [5, 5.41) is 11.0. The molecule has 3 aromatic carbocycles. The Balaban J connectivity index is 0.752. The molecule has 1 aliphatic carbocycles. The van der Waals surface area contributed by atoms with Crippen molar-refractivity contribution in [3.05, 3.63) is 93.2 Å². The van der Waals surface area contributed by atoms with E-state index in [-0.39, 0.29) is 24.3 Å². The van der Waals surface area contributed by atoms with Crippen molar-refractivity contribution in [3.63, 3.8) is 0 Å². The first-order chi connectivity index (χ1) is 33.4. The zero-order valence-electron chi connectivity index (χ0n) is 39.6. The first-order valence-electron chi connectivity index (χ1n) is 24.8. The highest BCUT2D eigenvalue weighted by Gasteiger charge is 2.39. The second-order valence-electron chi connectivity index (χ2n) is 19.4. The minimum atomic E-state index is -2.65. The maximum atomic E-state index is 15.3. The van der Waals surface area contributed by atoms with Crippen LogP contribution in [0, 0.1) is 11.6 Å². The lowest BCUT2D eigenvalue weighted by Crippen LogP contribution is -2.57. The van der Waals surface area contributed by atoms with Crippen LogP contribution in [0.15, 0.2) is 59.2 Å². The normalized spacial score (nSPS) is 22.4. The van der Waals surface area contributed by atoms with Gasteiger partial charge in [0.25, 0.3) is 0 Å². The third-order valence-corrected chi connectivity index (χ3v) is 19.4. The number of piperidine rings is 2. The summed E-state index contributed by atoms with van der Waals surface area (Å²) in [5.41, 5.74) is 6.23. The first-order valence-corrected chi connectivity index (χ1v) is 27.6. The fraction of sp³-hybridized carbons (Fsp3) is 0.481. The second-order valence-corrected chi connectivity index (χ2v) is 23.4. The number of carbonyl (C=O) groups excluding carboxylic acids is 2. The molecule has 4 saturated heterocycles. The Morgan fingerprint density at radius 2 is 1.55 bits per heavy atom. The van der Waals surface area contributed by atoms with Gasteiger partial charge in [0.2, 0.25) is 17.8 Å². The number of ether oxygens (including phenoxy) is 1. The summed E-state index contributed by atoms with van der Waals surface area (Å²) in [7, 11) is -0.961. The van der Waals surface area contributed by atoms with Crippen molar-refractivity contribution < 1.29 is 27.7 Å². The van der Waals surface area contributed by atoms with Crippen molar-refractivity contribution in [3.8, 4) is 5.75 Å². The molecule has 0 bridgehead atoms. The van der Waals surface area contributed by atoms with Gasteiger partial charge in [-0.15, -0.1) is 0 Å². The van der Waals surface area contributed by atoms with Crippen LogP contribution in [0.4, 0.5) is 37.6 Å². The summed E-state index contributed by atoms with van der Waals surface area (Å²) in [4.78, 5) is 46.0. The number of hydrogen-bond donors (Lipinski definition) is 3. The number of anilines is 5. The molecule has 6 heterocycles. The molecule has 17 heteroatoms. The Labute approximate surface area is 411 Å². The van der Waals surface area contributed by atoms with E-state index >= 15 is 8.78 Å². The predicted molar refractivity (Wildman–Crippen MR) is 272 cm³/mol. The Bertz CT molecular complexity index is 2800. The molecule has 5 fully saturated rings. The van der Waals surface area contributed by atoms with Gasteiger partial charge in [0.05, 0.1) is 34.4 Å². The van der Waals surface area contributed by atoms with Crippen LogP contribution in [0.25, 0.3) is 10.9 Å². The first kappa shape index (κ1) is 47.6. The summed E-state index contributed by atoms with van der Waals surface area (Å²) in [6.07, 6.45) is 10.7. The number of pyridine rings is 1. The van der Waals surface area contributed by atoms with Gasteiger partial charge in [0.1, 0.15) is 30.3 Å². The molecule has 1 atom stereocenters. The number of halogens is 3. The lowest BCUT2D eigenvalue weighted by Gasteiger charge is -2.49. The van der Waals surface area contributed by atoms with Gasteiger partial charge in [0, 0.05) is 110 Å². The topological polar surface area (TPSA) is 145 Å². The van der Waals surface area contributed by atoms with Gasteiger partial charge in [-0.1, -0.05) is 19.9 Å². The molecule has 1 saturated carbocycles. The van der Waals surface area contributed by atoms with Gasteiger partial charge in [0.15, 0.2) is 0 Å². The fourth-order valence-electron chi connectivity index (χ4n) is 11.5. The maximum absolute atomic E-state index is 15.3. The van der Waals surface area contributed by atoms with Gasteiger partial charge in [-0.3, -0.25) is 29.7 Å². The molecule has 0 spiro atoms. The minimum absolute atomic E-state index is 0.0738. The minimum Gasteiger partial charge on any atom is -0.494 e. The molecule has 0 radical (unpaired) electrons. The Hall–Kier alpha value is -5.02. The average molecular weight is 1020 g/mol. The van der Waals surface area contributed by atoms with E-state index in [9.17, 15) is 14.2 Å². The number of nitrogens with zero attached hydrogens (tertiary/aromatic N) is 6. The lowest BCUT2D eigenvalue weighted by atomic mass is 9.74. The summed E-state index contributed by atoms with van der Waals surface area (Å²) in [5.74, 6) is -1.68. The molecule has 3 N–H and O–H groups in total. The Kier molecular flexibility index (Phi) is 13.8. The monoisotopic (exact) mass is 1020 g/mol. The smallest absolute Gasteiger partial charge is 0.234 e. The molecule has 2 aromatic heterocycles. The number of benzene rings is 3. The SMILES string of the molecule is CCc1ccc2c(P3(=O)CCCC3)c(Nc3nc(Nc4cc(CC)c(N5CCC(N6CCN(C7CC(c8cc(F)c(C9CCC(=O)NC9=O)c(F)c8)C7)CC6)CC5)cc4OC)ncc3Br)ccc2n1. The van der Waals surface area contributed by atoms with Crippen molar-refractivity contribution in [2.75, 3.05) is 74.2 Å². The highest BCUT2D eigenvalue weighted by atomic mass is 79.9. The molecule has 2 amide bonds. The third kappa shape index (κ3) is 9.63. The van der Waals surface area contributed by atoms with Crippen LogP contribution in [-0.2, 0) is 27.0 Å². The standard InChI is InChI=1S/C52H61BrF2N9O4P/c1-4-31-28-44(59-52-56-30-39(53)50(61-52)58-43-12-11-42-37(9-8-34(5-2)57-42)49(43)69(67)22-6-7-23-69)46(68-3)29-45(31)64-16-14-35(15-17-64)62-18-20-63(21-19-62)36-24-32(25-36)33-26-40(54)48(41(55)27-33)38-10-13-47(65)60-51(38)66/h8-9,11-12,26-30,32,35-36,38H,4-7,10,13-25H2,1-3H3,(H,60,65,66)(H2,56,58,59,61). The molecule has 364 valence electrons. The van der Waals surface area contributed by atoms with Crippen molar-refractivity contribution in [2.45, 2.75) is 102 Å². The van der Waals surface area contributed by atoms with Gasteiger partial charge in [-0.25, -0.2) is 13.8 Å². The number of amides is 2. The summed E-state index contributed by atoms with van der Waals surface area (Å²) in [6.45, 7) is 10.1. The number of hydrogen-bond acceptors (Lipinski definition) is 12. The van der Waals surface area contributed by atoms with E-state index in [2.05, 4.69) is 83.6 Å². The molecular weight excluding hydrogens is 964 g/mol. The van der Waals surface area contributed by atoms with Gasteiger partial charge < -0.3 is 24.8 Å². The maximum Gasteiger partial charge on any atom is 0.234 e. The van der Waals surface area contributed by atoms with Crippen molar-refractivity contribution in [2.24, 2.45) is 0 Å². The van der Waals surface area contributed by atoms with Crippen molar-refractivity contribution in [1.29, 1.82) is 0 Å². The number of rotatable bonds is 13. The highest BCUT2D eigenvalue weighted by Crippen LogP contribution is 2.54. The van der Waals surface area contributed by atoms with E-state index in [4.69, 9.17) is 14.7 Å². The summed E-state index contributed by atoms with van der Waals surface area (Å²) < 4.78 is 51.7. The van der Waals surface area contributed by atoms with Crippen LogP contribution in [-0.4, -0.2) is 107 Å². The fourth-order valence-corrected chi connectivity index (χ4v) is 15.1. The predicted octanol–water partition coefficient (Wildman–Crippen LogP) is 9.52. The zero-order chi connectivity index (χ0) is 48.0. The molecule has 13 nitrogen and oxygen atoms in total. The van der Waals surface area contributed by atoms with Crippen LogP contribution in [0.5, 0.6) is 5.75 Å². The van der Waals surface area contributed by atoms with Crippen LogP contribution >= 0.6 is 23.1 Å². The summed E-state index contributed by atoms with van der Waals surface area (Å²) >= 11 is 3.67. The third-order valence-electron chi connectivity index (χ3n) is 15.4. The Morgan fingerprint density at radius 3 is 2.22 bits per heavy atom. The molecule has 10 rings (SSSR count). The van der Waals surface area contributed by atoms with Crippen LogP contribution in [0.3, 0.4) is 0 Å². The van der Waals surface area contributed by atoms with Gasteiger partial charge in [-0.2, -0.15) is 4.98 Å². The second kappa shape index (κ2) is 20.0. The van der Waals surface area contributed by atoms with Crippen molar-refractivity contribution in [1.82, 2.24) is 30.1 Å². The number of fused-ring (bicyclic) bond motifs is 1. The van der Waals surface area contributed by atoms with Crippen LogP contribution < -0.4 is 30.9 Å². The van der Waals surface area contributed by atoms with E-state index in [0.717, 1.165) is 124 Å². The molecule has 5 aliphatic rings. The average Bonchev–Trinajstić information content (AvgIpc) is 3.79. The Morgan fingerprint density at radius 1 is 0.841 bits per heavy atom.